The second-order valence-corrected chi connectivity index (χ2v) is 9.00. The number of ether oxygens (including phenoxy) is 1. The molecule has 0 aliphatic rings. The molecule has 1 heterocycles. The highest BCUT2D eigenvalue weighted by molar-refractivity contribution is 7.90. The molecule has 1 aromatic heterocycles. The van der Waals surface area contributed by atoms with Crippen molar-refractivity contribution in [2.45, 2.75) is 4.90 Å². The third kappa shape index (κ3) is 4.44. The lowest BCUT2D eigenvalue weighted by Crippen LogP contribution is -2.27. The van der Waals surface area contributed by atoms with Crippen molar-refractivity contribution in [3.05, 3.63) is 71.3 Å². The molecule has 0 fully saturated rings. The number of sulfone groups is 1. The fourth-order valence-corrected chi connectivity index (χ4v) is 3.95. The minimum absolute atomic E-state index is 0.0571. The minimum atomic E-state index is -3.56. The van der Waals surface area contributed by atoms with Crippen LogP contribution in [-0.4, -0.2) is 39.7 Å². The summed E-state index contributed by atoms with van der Waals surface area (Å²) in [5.41, 5.74) is 1.68. The molecular weight excluding hydrogens is 431 g/mol. The summed E-state index contributed by atoms with van der Waals surface area (Å²) in [5.74, 6) is -0.647. The molecule has 0 aliphatic carbocycles. The van der Waals surface area contributed by atoms with E-state index in [1.54, 1.807) is 18.3 Å². The molecule has 1 amide bonds. The molecule has 0 spiro atoms. The number of aromatic nitrogens is 1. The van der Waals surface area contributed by atoms with Crippen molar-refractivity contribution in [1.29, 1.82) is 0 Å². The number of anilines is 1. The summed E-state index contributed by atoms with van der Waals surface area (Å²) in [5, 5.41) is 0.126. The Bertz CT molecular complexity index is 1230. The van der Waals surface area contributed by atoms with E-state index in [4.69, 9.17) is 16.3 Å². The van der Waals surface area contributed by atoms with Crippen molar-refractivity contribution < 1.29 is 22.3 Å². The Hall–Kier alpha value is -2.97. The fraction of sp³-hybridized carbons (Fsp3) is 0.143. The second-order valence-electron chi connectivity index (χ2n) is 6.55. The van der Waals surface area contributed by atoms with Crippen LogP contribution in [0, 0.1) is 5.82 Å². The lowest BCUT2D eigenvalue weighted by atomic mass is 10.0. The number of benzene rings is 2. The standard InChI is InChI=1S/C21H18ClFN2O4S/c1-25(21(26)13-8-14(22)10-16(9-13)30(3,27)28)19-12-24-7-6-17(19)18-5-4-15(23)11-20(18)29-2/h4-12H,1-3H3. The number of carbonyl (C=O) groups is 1. The van der Waals surface area contributed by atoms with Gasteiger partial charge in [-0.25, -0.2) is 12.8 Å². The van der Waals surface area contributed by atoms with E-state index in [2.05, 4.69) is 4.98 Å². The number of rotatable bonds is 5. The highest BCUT2D eigenvalue weighted by atomic mass is 35.5. The van der Waals surface area contributed by atoms with Gasteiger partial charge in [0.05, 0.1) is 23.9 Å². The molecule has 0 saturated heterocycles. The number of hydrogen-bond acceptors (Lipinski definition) is 5. The summed E-state index contributed by atoms with van der Waals surface area (Å²) in [6, 6.07) is 9.71. The van der Waals surface area contributed by atoms with Crippen LogP contribution in [0.5, 0.6) is 5.75 Å². The zero-order chi connectivity index (χ0) is 22.1. The summed E-state index contributed by atoms with van der Waals surface area (Å²) in [6.07, 6.45) is 4.07. The Morgan fingerprint density at radius 1 is 1.13 bits per heavy atom. The number of carbonyl (C=O) groups excluding carboxylic acids is 1. The molecule has 0 N–H and O–H groups in total. The molecule has 9 heteroatoms. The summed E-state index contributed by atoms with van der Waals surface area (Å²) >= 11 is 6.03. The highest BCUT2D eigenvalue weighted by Gasteiger charge is 2.21. The number of halogens is 2. The minimum Gasteiger partial charge on any atom is -0.496 e. The predicted octanol–water partition coefficient (Wildman–Crippen LogP) is 4.23. The van der Waals surface area contributed by atoms with Gasteiger partial charge in [-0.15, -0.1) is 0 Å². The van der Waals surface area contributed by atoms with Crippen molar-refractivity contribution in [1.82, 2.24) is 4.98 Å². The molecular formula is C21H18ClFN2O4S. The van der Waals surface area contributed by atoms with Gasteiger partial charge in [0.15, 0.2) is 9.84 Å². The van der Waals surface area contributed by atoms with Gasteiger partial charge < -0.3 is 9.64 Å². The molecule has 0 radical (unpaired) electrons. The lowest BCUT2D eigenvalue weighted by molar-refractivity contribution is 0.0993. The van der Waals surface area contributed by atoms with Crippen LogP contribution in [0.4, 0.5) is 10.1 Å². The third-order valence-corrected chi connectivity index (χ3v) is 5.78. The summed E-state index contributed by atoms with van der Waals surface area (Å²) in [6.45, 7) is 0. The molecule has 2 aromatic carbocycles. The number of methoxy groups -OCH3 is 1. The predicted molar refractivity (Wildman–Crippen MR) is 113 cm³/mol. The largest absolute Gasteiger partial charge is 0.496 e. The van der Waals surface area contributed by atoms with E-state index in [9.17, 15) is 17.6 Å². The van der Waals surface area contributed by atoms with Gasteiger partial charge >= 0.3 is 0 Å². The third-order valence-electron chi connectivity index (χ3n) is 4.47. The van der Waals surface area contributed by atoms with Crippen LogP contribution in [0.1, 0.15) is 10.4 Å². The van der Waals surface area contributed by atoms with E-state index in [1.807, 2.05) is 0 Å². The maximum absolute atomic E-state index is 13.6. The zero-order valence-electron chi connectivity index (χ0n) is 16.4. The van der Waals surface area contributed by atoms with Gasteiger partial charge in [-0.05, 0) is 36.4 Å². The number of nitrogens with zero attached hydrogens (tertiary/aromatic N) is 2. The van der Waals surface area contributed by atoms with E-state index in [0.717, 1.165) is 6.26 Å². The Balaban J connectivity index is 2.09. The van der Waals surface area contributed by atoms with Crippen LogP contribution in [0.25, 0.3) is 11.1 Å². The Morgan fingerprint density at radius 3 is 2.53 bits per heavy atom. The van der Waals surface area contributed by atoms with Crippen LogP contribution in [0.2, 0.25) is 5.02 Å². The van der Waals surface area contributed by atoms with Crippen LogP contribution in [0.3, 0.4) is 0 Å². The zero-order valence-corrected chi connectivity index (χ0v) is 18.0. The number of pyridine rings is 1. The van der Waals surface area contributed by atoms with Gasteiger partial charge in [0.1, 0.15) is 11.6 Å². The first kappa shape index (κ1) is 21.7. The molecule has 3 aromatic rings. The molecule has 0 bridgehead atoms. The summed E-state index contributed by atoms with van der Waals surface area (Å²) < 4.78 is 42.7. The van der Waals surface area contributed by atoms with Crippen molar-refractivity contribution in [3.8, 4) is 16.9 Å². The number of amides is 1. The van der Waals surface area contributed by atoms with Gasteiger partial charge in [-0.2, -0.15) is 0 Å². The van der Waals surface area contributed by atoms with Crippen molar-refractivity contribution in [2.75, 3.05) is 25.3 Å². The maximum atomic E-state index is 13.6. The molecule has 30 heavy (non-hydrogen) atoms. The SMILES string of the molecule is COc1cc(F)ccc1-c1ccncc1N(C)C(=O)c1cc(Cl)cc(S(C)(=O)=O)c1. The Kier molecular flexibility index (Phi) is 6.09. The first-order valence-electron chi connectivity index (χ1n) is 8.68. The monoisotopic (exact) mass is 448 g/mol. The topological polar surface area (TPSA) is 76.6 Å². The molecule has 0 unspecified atom stereocenters. The molecule has 3 rings (SSSR count). The van der Waals surface area contributed by atoms with Crippen molar-refractivity contribution >= 4 is 33.0 Å². The van der Waals surface area contributed by atoms with Crippen LogP contribution >= 0.6 is 11.6 Å². The van der Waals surface area contributed by atoms with Crippen LogP contribution < -0.4 is 9.64 Å². The highest BCUT2D eigenvalue weighted by Crippen LogP contribution is 2.37. The van der Waals surface area contributed by atoms with Crippen molar-refractivity contribution in [3.63, 3.8) is 0 Å². The maximum Gasteiger partial charge on any atom is 0.258 e. The van der Waals surface area contributed by atoms with Gasteiger partial charge in [0.2, 0.25) is 0 Å². The van der Waals surface area contributed by atoms with E-state index in [0.29, 0.717) is 22.6 Å². The molecule has 6 nitrogen and oxygen atoms in total. The lowest BCUT2D eigenvalue weighted by Gasteiger charge is -2.21. The summed E-state index contributed by atoms with van der Waals surface area (Å²) in [7, 11) is -0.605. The summed E-state index contributed by atoms with van der Waals surface area (Å²) in [4.78, 5) is 18.5. The van der Waals surface area contributed by atoms with Crippen molar-refractivity contribution in [2.24, 2.45) is 0 Å². The first-order chi connectivity index (χ1) is 14.1. The molecule has 0 saturated carbocycles. The van der Waals surface area contributed by atoms with E-state index in [1.165, 1.54) is 55.6 Å². The van der Waals surface area contributed by atoms with Gasteiger partial charge in [0.25, 0.3) is 5.91 Å². The smallest absolute Gasteiger partial charge is 0.258 e. The van der Waals surface area contributed by atoms with Crippen LogP contribution in [-0.2, 0) is 9.84 Å². The van der Waals surface area contributed by atoms with Crippen LogP contribution in [0.15, 0.2) is 59.8 Å². The van der Waals surface area contributed by atoms with E-state index < -0.39 is 21.6 Å². The number of hydrogen-bond donors (Lipinski definition) is 0. The van der Waals surface area contributed by atoms with Gasteiger partial charge in [-0.1, -0.05) is 11.6 Å². The average molecular weight is 449 g/mol. The van der Waals surface area contributed by atoms with E-state index >= 15 is 0 Å². The molecule has 156 valence electrons. The first-order valence-corrected chi connectivity index (χ1v) is 11.0. The quantitative estimate of drug-likeness (QED) is 0.583. The second kappa shape index (κ2) is 8.41. The van der Waals surface area contributed by atoms with Gasteiger partial charge in [-0.3, -0.25) is 9.78 Å². The molecule has 0 atom stereocenters. The normalized spacial score (nSPS) is 11.2. The average Bonchev–Trinajstić information content (AvgIpc) is 2.71. The fourth-order valence-electron chi connectivity index (χ4n) is 2.97. The Labute approximate surface area is 178 Å². The van der Waals surface area contributed by atoms with E-state index in [-0.39, 0.29) is 15.5 Å². The molecule has 0 aliphatic heterocycles. The van der Waals surface area contributed by atoms with Gasteiger partial charge in [0, 0.05) is 47.3 Å². The Morgan fingerprint density at radius 2 is 1.87 bits per heavy atom.